The molecular formula is C16H14Cl2N2O. The first-order valence-corrected chi connectivity index (χ1v) is 7.58. The van der Waals surface area contributed by atoms with E-state index < -0.39 is 0 Å². The van der Waals surface area contributed by atoms with Gasteiger partial charge in [0, 0.05) is 23.2 Å². The van der Waals surface area contributed by atoms with Crippen LogP contribution in [0.5, 0.6) is 0 Å². The van der Waals surface area contributed by atoms with E-state index in [2.05, 4.69) is 10.3 Å². The zero-order valence-corrected chi connectivity index (χ0v) is 12.7. The quantitative estimate of drug-likeness (QED) is 0.926. The van der Waals surface area contributed by atoms with Crippen LogP contribution in [-0.2, 0) is 0 Å². The van der Waals surface area contributed by atoms with Gasteiger partial charge in [0.2, 0.25) is 0 Å². The molecule has 0 unspecified atom stereocenters. The van der Waals surface area contributed by atoms with Gasteiger partial charge in [-0.15, -0.1) is 0 Å². The van der Waals surface area contributed by atoms with Crippen molar-refractivity contribution in [2.24, 2.45) is 0 Å². The molecule has 1 aromatic heterocycles. The molecule has 1 N–H and O–H groups in total. The molecule has 1 amide bonds. The van der Waals surface area contributed by atoms with Gasteiger partial charge >= 0.3 is 0 Å². The van der Waals surface area contributed by atoms with Gasteiger partial charge in [-0.05, 0) is 36.6 Å². The fraction of sp³-hybridized carbons (Fsp3) is 0.250. The number of nitrogens with zero attached hydrogens (tertiary/aromatic N) is 1. The van der Waals surface area contributed by atoms with Gasteiger partial charge in [0.05, 0.1) is 5.02 Å². The van der Waals surface area contributed by atoms with E-state index >= 15 is 0 Å². The molecule has 0 bridgehead atoms. The number of aromatic nitrogens is 1. The Morgan fingerprint density at radius 1 is 1.10 bits per heavy atom. The summed E-state index contributed by atoms with van der Waals surface area (Å²) < 4.78 is 0. The van der Waals surface area contributed by atoms with E-state index in [1.165, 1.54) is 0 Å². The average Bonchev–Trinajstić information content (AvgIpc) is 2.46. The van der Waals surface area contributed by atoms with E-state index in [-0.39, 0.29) is 23.6 Å². The van der Waals surface area contributed by atoms with Crippen molar-refractivity contribution in [3.05, 3.63) is 63.9 Å². The molecular weight excluding hydrogens is 307 g/mol. The topological polar surface area (TPSA) is 42.0 Å². The van der Waals surface area contributed by atoms with E-state index in [0.29, 0.717) is 5.02 Å². The van der Waals surface area contributed by atoms with Crippen LogP contribution in [0.1, 0.15) is 34.8 Å². The monoisotopic (exact) mass is 320 g/mol. The average molecular weight is 321 g/mol. The number of carbonyl (C=O) groups is 1. The number of hydrogen-bond donors (Lipinski definition) is 1. The molecule has 1 aliphatic carbocycles. The van der Waals surface area contributed by atoms with Crippen LogP contribution in [0.25, 0.3) is 0 Å². The fourth-order valence-corrected chi connectivity index (χ4v) is 3.09. The Kier molecular flexibility index (Phi) is 4.13. The molecule has 0 aliphatic heterocycles. The predicted molar refractivity (Wildman–Crippen MR) is 83.9 cm³/mol. The summed E-state index contributed by atoms with van der Waals surface area (Å²) in [5.41, 5.74) is 1.35. The number of pyridine rings is 1. The number of rotatable bonds is 3. The molecule has 5 heteroatoms. The molecule has 0 spiro atoms. The molecule has 108 valence electrons. The van der Waals surface area contributed by atoms with Crippen molar-refractivity contribution in [3.63, 3.8) is 0 Å². The predicted octanol–water partition coefficient (Wildman–Crippen LogP) is 4.06. The van der Waals surface area contributed by atoms with Crippen molar-refractivity contribution < 1.29 is 4.79 Å². The van der Waals surface area contributed by atoms with Gasteiger partial charge in [0.15, 0.2) is 0 Å². The van der Waals surface area contributed by atoms with Crippen LogP contribution >= 0.6 is 23.2 Å². The lowest BCUT2D eigenvalue weighted by atomic mass is 9.75. The van der Waals surface area contributed by atoms with Crippen molar-refractivity contribution in [1.29, 1.82) is 0 Å². The maximum absolute atomic E-state index is 12.2. The summed E-state index contributed by atoms with van der Waals surface area (Å²) in [7, 11) is 0. The van der Waals surface area contributed by atoms with Gasteiger partial charge in [0.25, 0.3) is 5.91 Å². The molecule has 1 saturated carbocycles. The van der Waals surface area contributed by atoms with Crippen LogP contribution in [-0.4, -0.2) is 16.9 Å². The summed E-state index contributed by atoms with van der Waals surface area (Å²) in [6.45, 7) is 0. The van der Waals surface area contributed by atoms with Gasteiger partial charge in [-0.2, -0.15) is 0 Å². The maximum atomic E-state index is 12.2. The summed E-state index contributed by atoms with van der Waals surface area (Å²) in [6.07, 6.45) is 3.52. The van der Waals surface area contributed by atoms with Crippen LogP contribution in [0.3, 0.4) is 0 Å². The van der Waals surface area contributed by atoms with Gasteiger partial charge in [-0.1, -0.05) is 41.4 Å². The highest BCUT2D eigenvalue weighted by Gasteiger charge is 2.34. The van der Waals surface area contributed by atoms with Crippen molar-refractivity contribution in [3.8, 4) is 0 Å². The highest BCUT2D eigenvalue weighted by molar-refractivity contribution is 6.33. The fourth-order valence-electron chi connectivity index (χ4n) is 2.61. The smallest absolute Gasteiger partial charge is 0.271 e. The number of amides is 1. The minimum Gasteiger partial charge on any atom is -0.347 e. The maximum Gasteiger partial charge on any atom is 0.271 e. The number of halogens is 2. The Labute approximate surface area is 133 Å². The van der Waals surface area contributed by atoms with E-state index in [1.54, 1.807) is 18.3 Å². The highest BCUT2D eigenvalue weighted by Crippen LogP contribution is 2.40. The lowest BCUT2D eigenvalue weighted by Crippen LogP contribution is -2.45. The third-order valence-electron chi connectivity index (χ3n) is 3.87. The molecule has 1 aliphatic rings. The normalized spacial score (nSPS) is 20.7. The van der Waals surface area contributed by atoms with E-state index in [4.69, 9.17) is 23.2 Å². The summed E-state index contributed by atoms with van der Waals surface area (Å²) in [5, 5.41) is 4.12. The summed E-state index contributed by atoms with van der Waals surface area (Å²) >= 11 is 12.2. The van der Waals surface area contributed by atoms with Crippen molar-refractivity contribution >= 4 is 29.1 Å². The van der Waals surface area contributed by atoms with Gasteiger partial charge in [-0.25, -0.2) is 4.98 Å². The largest absolute Gasteiger partial charge is 0.347 e. The molecule has 2 aromatic rings. The Bertz CT molecular complexity index is 675. The standard InChI is InChI=1S/C16H14Cl2N2O/c17-12-5-2-1-4-10(12)11-7-8-14(11)20-16(21)15-13(18)6-3-9-19-15/h1-6,9,11,14H,7-8H2,(H,20,21)/t11-,14+/m0/s1. The molecule has 2 atom stereocenters. The Morgan fingerprint density at radius 3 is 2.52 bits per heavy atom. The second-order valence-corrected chi connectivity index (χ2v) is 5.93. The van der Waals surface area contributed by atoms with Gasteiger partial charge in [-0.3, -0.25) is 4.79 Å². The van der Waals surface area contributed by atoms with Gasteiger partial charge < -0.3 is 5.32 Å². The molecule has 3 rings (SSSR count). The molecule has 21 heavy (non-hydrogen) atoms. The van der Waals surface area contributed by atoms with Crippen LogP contribution in [0.4, 0.5) is 0 Å². The lowest BCUT2D eigenvalue weighted by Gasteiger charge is -2.38. The van der Waals surface area contributed by atoms with Crippen molar-refractivity contribution in [1.82, 2.24) is 10.3 Å². The van der Waals surface area contributed by atoms with E-state index in [9.17, 15) is 4.79 Å². The SMILES string of the molecule is O=C(N[C@@H]1CC[C@H]1c1ccccc1Cl)c1ncccc1Cl. The van der Waals surface area contributed by atoms with E-state index in [1.807, 2.05) is 24.3 Å². The first-order valence-electron chi connectivity index (χ1n) is 6.82. The summed E-state index contributed by atoms with van der Waals surface area (Å²) in [6, 6.07) is 11.2. The van der Waals surface area contributed by atoms with Crippen LogP contribution < -0.4 is 5.32 Å². The van der Waals surface area contributed by atoms with Crippen LogP contribution in [0.15, 0.2) is 42.6 Å². The van der Waals surface area contributed by atoms with Crippen molar-refractivity contribution in [2.75, 3.05) is 0 Å². The second kappa shape index (κ2) is 6.04. The molecule has 1 heterocycles. The number of nitrogens with one attached hydrogen (secondary N) is 1. The van der Waals surface area contributed by atoms with Crippen LogP contribution in [0, 0.1) is 0 Å². The van der Waals surface area contributed by atoms with Crippen LogP contribution in [0.2, 0.25) is 10.0 Å². The second-order valence-electron chi connectivity index (χ2n) is 5.12. The van der Waals surface area contributed by atoms with Crippen molar-refractivity contribution in [2.45, 2.75) is 24.8 Å². The van der Waals surface area contributed by atoms with E-state index in [0.717, 1.165) is 23.4 Å². The zero-order chi connectivity index (χ0) is 14.8. The third-order valence-corrected chi connectivity index (χ3v) is 4.52. The number of carbonyl (C=O) groups excluding carboxylic acids is 1. The van der Waals surface area contributed by atoms with Gasteiger partial charge in [0.1, 0.15) is 5.69 Å². The number of benzene rings is 1. The lowest BCUT2D eigenvalue weighted by molar-refractivity contribution is 0.0900. The number of hydrogen-bond acceptors (Lipinski definition) is 2. The summed E-state index contributed by atoms with van der Waals surface area (Å²) in [4.78, 5) is 16.3. The summed E-state index contributed by atoms with van der Waals surface area (Å²) in [5.74, 6) is 0.0208. The molecule has 1 fully saturated rings. The Balaban J connectivity index is 1.73. The Hall–Kier alpha value is -1.58. The first-order chi connectivity index (χ1) is 10.2. The minimum atomic E-state index is -0.234. The molecule has 1 aromatic carbocycles. The third kappa shape index (κ3) is 2.89. The molecule has 0 saturated heterocycles. The zero-order valence-electron chi connectivity index (χ0n) is 11.2. The highest BCUT2D eigenvalue weighted by atomic mass is 35.5. The minimum absolute atomic E-state index is 0.0791. The molecule has 3 nitrogen and oxygen atoms in total. The Morgan fingerprint density at radius 2 is 1.86 bits per heavy atom. The first kappa shape index (κ1) is 14.4. The molecule has 0 radical (unpaired) electrons.